The van der Waals surface area contributed by atoms with Crippen LogP contribution in [0.5, 0.6) is 0 Å². The van der Waals surface area contributed by atoms with E-state index in [0.717, 1.165) is 69.5 Å². The molecule has 0 atom stereocenters. The average molecular weight is 442 g/mol. The number of hydrogen-bond donors (Lipinski definition) is 2. The maximum Gasteiger partial charge on any atom is 0.269 e. The molecular formula is C24H32FN5O2. The van der Waals surface area contributed by atoms with E-state index in [1.807, 2.05) is 17.9 Å². The number of aryl methyl sites for hydroxylation is 1. The van der Waals surface area contributed by atoms with Gasteiger partial charge in [-0.25, -0.2) is 4.98 Å². The largest absolute Gasteiger partial charge is 0.365 e. The van der Waals surface area contributed by atoms with Crippen LogP contribution in [0.1, 0.15) is 60.3 Å². The SMILES string of the molecule is CCc1ccc(C2CCC(N3CCN(c4ccc(C(=O)NC)nc4F)CC3)CC2)[nH]c1=O. The topological polar surface area (TPSA) is 81.3 Å². The van der Waals surface area contributed by atoms with Crippen LogP contribution in [-0.2, 0) is 6.42 Å². The van der Waals surface area contributed by atoms with Gasteiger partial charge in [0.25, 0.3) is 11.5 Å². The van der Waals surface area contributed by atoms with Crippen molar-refractivity contribution in [3.63, 3.8) is 0 Å². The number of anilines is 1. The van der Waals surface area contributed by atoms with Gasteiger partial charge in [-0.15, -0.1) is 0 Å². The molecule has 2 aromatic rings. The molecule has 2 N–H and O–H groups in total. The first-order chi connectivity index (χ1) is 15.5. The maximum absolute atomic E-state index is 14.5. The van der Waals surface area contributed by atoms with Crippen LogP contribution < -0.4 is 15.8 Å². The number of nitrogens with zero attached hydrogens (tertiary/aromatic N) is 3. The van der Waals surface area contributed by atoms with Crippen LogP contribution in [-0.4, -0.2) is 60.0 Å². The summed E-state index contributed by atoms with van der Waals surface area (Å²) in [6, 6.07) is 7.81. The molecule has 2 aliphatic rings. The minimum atomic E-state index is -0.594. The molecule has 0 radical (unpaired) electrons. The second-order valence-corrected chi connectivity index (χ2v) is 8.74. The van der Waals surface area contributed by atoms with Crippen LogP contribution in [0.15, 0.2) is 29.1 Å². The molecule has 0 aromatic carbocycles. The van der Waals surface area contributed by atoms with E-state index in [9.17, 15) is 14.0 Å². The molecule has 0 spiro atoms. The van der Waals surface area contributed by atoms with Crippen molar-refractivity contribution in [2.45, 2.75) is 51.0 Å². The molecule has 1 aliphatic carbocycles. The zero-order valence-electron chi connectivity index (χ0n) is 18.9. The molecule has 1 aliphatic heterocycles. The molecule has 2 aromatic heterocycles. The van der Waals surface area contributed by atoms with Crippen molar-refractivity contribution >= 4 is 11.6 Å². The molecule has 0 bridgehead atoms. The van der Waals surface area contributed by atoms with E-state index in [0.29, 0.717) is 17.6 Å². The molecular weight excluding hydrogens is 409 g/mol. The average Bonchev–Trinajstić information content (AvgIpc) is 2.83. The first kappa shape index (κ1) is 22.5. The van der Waals surface area contributed by atoms with E-state index in [2.05, 4.69) is 26.3 Å². The molecule has 7 nitrogen and oxygen atoms in total. The Hall–Kier alpha value is -2.74. The normalized spacial score (nSPS) is 22.0. The summed E-state index contributed by atoms with van der Waals surface area (Å²) >= 11 is 0. The van der Waals surface area contributed by atoms with Crippen molar-refractivity contribution in [2.24, 2.45) is 0 Å². The summed E-state index contributed by atoms with van der Waals surface area (Å²) in [6.07, 6.45) is 5.13. The number of halogens is 1. The lowest BCUT2D eigenvalue weighted by molar-refractivity contribution is 0.0957. The van der Waals surface area contributed by atoms with Crippen molar-refractivity contribution in [3.05, 3.63) is 57.5 Å². The highest BCUT2D eigenvalue weighted by Gasteiger charge is 2.30. The van der Waals surface area contributed by atoms with Gasteiger partial charge in [0.1, 0.15) is 5.69 Å². The zero-order chi connectivity index (χ0) is 22.7. The third-order valence-corrected chi connectivity index (χ3v) is 6.99. The highest BCUT2D eigenvalue weighted by molar-refractivity contribution is 5.92. The number of aromatic amines is 1. The van der Waals surface area contributed by atoms with E-state index in [1.165, 1.54) is 7.05 Å². The molecule has 4 rings (SSSR count). The Kier molecular flexibility index (Phi) is 6.89. The van der Waals surface area contributed by atoms with Gasteiger partial charge in [-0.3, -0.25) is 14.5 Å². The quantitative estimate of drug-likeness (QED) is 0.698. The Morgan fingerprint density at radius 3 is 2.44 bits per heavy atom. The summed E-state index contributed by atoms with van der Waals surface area (Å²) in [5.74, 6) is -0.561. The predicted molar refractivity (Wildman–Crippen MR) is 123 cm³/mol. The molecule has 8 heteroatoms. The second kappa shape index (κ2) is 9.81. The van der Waals surface area contributed by atoms with E-state index in [4.69, 9.17) is 0 Å². The Balaban J connectivity index is 1.30. The second-order valence-electron chi connectivity index (χ2n) is 8.74. The number of piperazine rings is 1. The van der Waals surface area contributed by atoms with E-state index < -0.39 is 5.95 Å². The predicted octanol–water partition coefficient (Wildman–Crippen LogP) is 2.68. The Morgan fingerprint density at radius 2 is 1.84 bits per heavy atom. The fourth-order valence-electron chi connectivity index (χ4n) is 5.03. The number of carbonyl (C=O) groups is 1. The lowest BCUT2D eigenvalue weighted by Gasteiger charge is -2.42. The van der Waals surface area contributed by atoms with Crippen LogP contribution >= 0.6 is 0 Å². The lowest BCUT2D eigenvalue weighted by Crippen LogP contribution is -2.51. The highest BCUT2D eigenvalue weighted by Crippen LogP contribution is 2.34. The third kappa shape index (κ3) is 4.70. The van der Waals surface area contributed by atoms with Gasteiger partial charge in [-0.2, -0.15) is 4.39 Å². The number of H-pyrrole nitrogens is 1. The van der Waals surface area contributed by atoms with Gasteiger partial charge in [0.05, 0.1) is 5.69 Å². The van der Waals surface area contributed by atoms with E-state index >= 15 is 0 Å². The first-order valence-corrected chi connectivity index (χ1v) is 11.6. The maximum atomic E-state index is 14.5. The number of aromatic nitrogens is 2. The first-order valence-electron chi connectivity index (χ1n) is 11.6. The van der Waals surface area contributed by atoms with Gasteiger partial charge < -0.3 is 15.2 Å². The monoisotopic (exact) mass is 441 g/mol. The Labute approximate surface area is 188 Å². The highest BCUT2D eigenvalue weighted by atomic mass is 19.1. The third-order valence-electron chi connectivity index (χ3n) is 6.99. The molecule has 3 heterocycles. The van der Waals surface area contributed by atoms with Crippen molar-refractivity contribution in [2.75, 3.05) is 38.1 Å². The minimum Gasteiger partial charge on any atom is -0.365 e. The summed E-state index contributed by atoms with van der Waals surface area (Å²) in [5, 5.41) is 2.47. The number of carbonyl (C=O) groups excluding carboxylic acids is 1. The van der Waals surface area contributed by atoms with Crippen molar-refractivity contribution in [1.29, 1.82) is 0 Å². The van der Waals surface area contributed by atoms with Gasteiger partial charge in [0, 0.05) is 50.5 Å². The summed E-state index contributed by atoms with van der Waals surface area (Å²) in [4.78, 5) is 35.2. The lowest BCUT2D eigenvalue weighted by atomic mass is 9.83. The minimum absolute atomic E-state index is 0.0494. The van der Waals surface area contributed by atoms with Gasteiger partial charge in [0.15, 0.2) is 0 Å². The van der Waals surface area contributed by atoms with Crippen LogP contribution in [0.3, 0.4) is 0 Å². The summed E-state index contributed by atoms with van der Waals surface area (Å²) < 4.78 is 14.5. The number of nitrogens with one attached hydrogen (secondary N) is 2. The zero-order valence-corrected chi connectivity index (χ0v) is 18.9. The van der Waals surface area contributed by atoms with Gasteiger partial charge >= 0.3 is 0 Å². The summed E-state index contributed by atoms with van der Waals surface area (Å²) in [7, 11) is 1.50. The standard InChI is InChI=1S/C24H32FN5O2/c1-3-16-6-9-19(28-23(16)31)17-4-7-18(8-5-17)29-12-14-30(15-13-29)21-11-10-20(24(32)26-2)27-22(21)25/h6,9-11,17-18H,3-5,7-8,12-15H2,1-2H3,(H,26,32)(H,28,31). The molecule has 172 valence electrons. The van der Waals surface area contributed by atoms with Crippen molar-refractivity contribution < 1.29 is 9.18 Å². The van der Waals surface area contributed by atoms with Crippen LogP contribution in [0.4, 0.5) is 10.1 Å². The van der Waals surface area contributed by atoms with Gasteiger partial charge in [-0.05, 0) is 56.2 Å². The molecule has 1 amide bonds. The van der Waals surface area contributed by atoms with Crippen molar-refractivity contribution in [3.8, 4) is 0 Å². The van der Waals surface area contributed by atoms with E-state index in [1.54, 1.807) is 12.1 Å². The summed E-state index contributed by atoms with van der Waals surface area (Å²) in [5.41, 5.74) is 2.51. The van der Waals surface area contributed by atoms with Gasteiger partial charge in [0.2, 0.25) is 5.95 Å². The molecule has 32 heavy (non-hydrogen) atoms. The fourth-order valence-corrected chi connectivity index (χ4v) is 5.03. The smallest absolute Gasteiger partial charge is 0.269 e. The number of pyridine rings is 2. The number of rotatable bonds is 5. The molecule has 1 saturated heterocycles. The molecule has 0 unspecified atom stereocenters. The number of hydrogen-bond acceptors (Lipinski definition) is 5. The Morgan fingerprint density at radius 1 is 1.12 bits per heavy atom. The van der Waals surface area contributed by atoms with Crippen molar-refractivity contribution in [1.82, 2.24) is 20.2 Å². The summed E-state index contributed by atoms with van der Waals surface area (Å²) in [6.45, 7) is 5.25. The van der Waals surface area contributed by atoms with E-state index in [-0.39, 0.29) is 17.2 Å². The molecule has 2 fully saturated rings. The van der Waals surface area contributed by atoms with Crippen LogP contribution in [0.2, 0.25) is 0 Å². The van der Waals surface area contributed by atoms with Crippen LogP contribution in [0.25, 0.3) is 0 Å². The number of amides is 1. The Bertz CT molecular complexity index is 1010. The van der Waals surface area contributed by atoms with Gasteiger partial charge in [-0.1, -0.05) is 13.0 Å². The molecule has 1 saturated carbocycles. The fraction of sp³-hybridized carbons (Fsp3) is 0.542. The van der Waals surface area contributed by atoms with Crippen LogP contribution in [0, 0.1) is 5.95 Å².